The number of benzene rings is 1. The molecule has 1 aromatic heterocycles. The Hall–Kier alpha value is -2.19. The van der Waals surface area contributed by atoms with E-state index >= 15 is 0 Å². The fourth-order valence-corrected chi connectivity index (χ4v) is 4.13. The molecule has 1 fully saturated rings. The molecular weight excluding hydrogens is 364 g/mol. The molecule has 6 nitrogen and oxygen atoms in total. The highest BCUT2D eigenvalue weighted by Crippen LogP contribution is 2.40. The van der Waals surface area contributed by atoms with Gasteiger partial charge in [-0.15, -0.1) is 11.3 Å². The number of rotatable bonds is 5. The van der Waals surface area contributed by atoms with Crippen LogP contribution in [0.25, 0.3) is 6.08 Å². The Balaban J connectivity index is 1.54. The van der Waals surface area contributed by atoms with E-state index < -0.39 is 0 Å². The van der Waals surface area contributed by atoms with Crippen molar-refractivity contribution in [3.05, 3.63) is 51.4 Å². The van der Waals surface area contributed by atoms with Gasteiger partial charge in [-0.25, -0.2) is 0 Å². The van der Waals surface area contributed by atoms with Crippen molar-refractivity contribution in [3.63, 3.8) is 0 Å². The minimum Gasteiger partial charge on any atom is -0.507 e. The topological polar surface area (TPSA) is 73.2 Å². The molecule has 142 valence electrons. The predicted molar refractivity (Wildman–Crippen MR) is 104 cm³/mol. The van der Waals surface area contributed by atoms with Crippen molar-refractivity contribution in [1.82, 2.24) is 9.80 Å². The maximum atomic E-state index is 12.7. The van der Waals surface area contributed by atoms with Crippen LogP contribution in [-0.2, 0) is 6.54 Å². The minimum absolute atomic E-state index is 0.146. The smallest absolute Gasteiger partial charge is 0.232 e. The standard InChI is InChI=1S/C20H22N2O4S/c23-10-9-21-5-7-22(8-6-21)13-16-17(24)4-3-15-19(25)18(26-20(15)16)12-14-2-1-11-27-14/h1-4,11-12,23-24H,5-10,13H2. The third-order valence-electron chi connectivity index (χ3n) is 5.00. The molecule has 2 aliphatic rings. The molecule has 0 atom stereocenters. The molecule has 3 heterocycles. The highest BCUT2D eigenvalue weighted by atomic mass is 32.1. The highest BCUT2D eigenvalue weighted by Gasteiger charge is 2.32. The van der Waals surface area contributed by atoms with Gasteiger partial charge in [-0.05, 0) is 23.6 Å². The Morgan fingerprint density at radius 3 is 2.63 bits per heavy atom. The van der Waals surface area contributed by atoms with E-state index in [4.69, 9.17) is 9.84 Å². The van der Waals surface area contributed by atoms with Crippen molar-refractivity contribution in [2.45, 2.75) is 6.54 Å². The van der Waals surface area contributed by atoms with Crippen LogP contribution in [0.4, 0.5) is 0 Å². The first kappa shape index (κ1) is 18.2. The summed E-state index contributed by atoms with van der Waals surface area (Å²) in [6, 6.07) is 7.06. The number of allylic oxidation sites excluding steroid dienone is 1. The van der Waals surface area contributed by atoms with Gasteiger partial charge in [0.1, 0.15) is 11.5 Å². The lowest BCUT2D eigenvalue weighted by atomic mass is 10.0. The van der Waals surface area contributed by atoms with Crippen LogP contribution in [0.2, 0.25) is 0 Å². The zero-order valence-corrected chi connectivity index (χ0v) is 15.7. The van der Waals surface area contributed by atoms with Crippen molar-refractivity contribution >= 4 is 23.2 Å². The van der Waals surface area contributed by atoms with Crippen LogP contribution in [0.3, 0.4) is 0 Å². The average molecular weight is 386 g/mol. The number of aliphatic hydroxyl groups is 1. The van der Waals surface area contributed by atoms with Crippen LogP contribution in [0.5, 0.6) is 11.5 Å². The molecule has 0 bridgehead atoms. The summed E-state index contributed by atoms with van der Waals surface area (Å²) in [4.78, 5) is 18.1. The van der Waals surface area contributed by atoms with E-state index in [0.29, 0.717) is 35.7 Å². The second-order valence-electron chi connectivity index (χ2n) is 6.74. The first-order valence-electron chi connectivity index (χ1n) is 9.04. The summed E-state index contributed by atoms with van der Waals surface area (Å²) >= 11 is 1.54. The fraction of sp³-hybridized carbons (Fsp3) is 0.350. The summed E-state index contributed by atoms with van der Waals surface area (Å²) in [5.41, 5.74) is 1.16. The SMILES string of the molecule is O=C1C(=Cc2cccs2)Oc2c1ccc(O)c2CN1CCN(CCO)CC1. The van der Waals surface area contributed by atoms with E-state index in [1.165, 1.54) is 0 Å². The molecule has 0 radical (unpaired) electrons. The third-order valence-corrected chi connectivity index (χ3v) is 5.81. The molecule has 0 spiro atoms. The molecule has 2 aromatic rings. The van der Waals surface area contributed by atoms with Crippen molar-refractivity contribution in [3.8, 4) is 11.5 Å². The van der Waals surface area contributed by atoms with Crippen molar-refractivity contribution in [2.24, 2.45) is 0 Å². The second kappa shape index (κ2) is 7.82. The summed E-state index contributed by atoms with van der Waals surface area (Å²) in [5, 5.41) is 21.4. The Labute approximate surface area is 161 Å². The number of ketones is 1. The Bertz CT molecular complexity index is 855. The van der Waals surface area contributed by atoms with Crippen LogP contribution in [0, 0.1) is 0 Å². The van der Waals surface area contributed by atoms with Crippen molar-refractivity contribution < 1.29 is 19.7 Å². The number of Topliss-reactive ketones (excluding diaryl/α,β-unsaturated/α-hetero) is 1. The van der Waals surface area contributed by atoms with Crippen LogP contribution in [0.1, 0.15) is 20.8 Å². The zero-order valence-electron chi connectivity index (χ0n) is 14.9. The van der Waals surface area contributed by atoms with E-state index in [2.05, 4.69) is 9.80 Å². The molecule has 1 saturated heterocycles. The first-order chi connectivity index (χ1) is 13.2. The third kappa shape index (κ3) is 3.77. The molecular formula is C20H22N2O4S. The number of β-amino-alcohol motifs (C(OH)–C–C–N with tert-alkyl or cyclic N) is 1. The number of phenols is 1. The maximum absolute atomic E-state index is 12.7. The molecule has 2 aliphatic heterocycles. The van der Waals surface area contributed by atoms with Crippen LogP contribution < -0.4 is 4.74 Å². The van der Waals surface area contributed by atoms with Gasteiger partial charge in [-0.3, -0.25) is 14.6 Å². The number of phenolic OH excluding ortho intramolecular Hbond substituents is 1. The quantitative estimate of drug-likeness (QED) is 0.768. The Morgan fingerprint density at radius 2 is 1.93 bits per heavy atom. The second-order valence-corrected chi connectivity index (χ2v) is 7.72. The Morgan fingerprint density at radius 1 is 1.15 bits per heavy atom. The Kier molecular flexibility index (Phi) is 5.27. The lowest BCUT2D eigenvalue weighted by Gasteiger charge is -2.34. The van der Waals surface area contributed by atoms with E-state index in [0.717, 1.165) is 31.1 Å². The molecule has 4 rings (SSSR count). The number of ether oxygens (including phenoxy) is 1. The van der Waals surface area contributed by atoms with E-state index in [9.17, 15) is 9.90 Å². The monoisotopic (exact) mass is 386 g/mol. The number of nitrogens with zero attached hydrogens (tertiary/aromatic N) is 2. The van der Waals surface area contributed by atoms with Gasteiger partial charge in [0.05, 0.1) is 17.7 Å². The molecule has 0 unspecified atom stereocenters. The summed E-state index contributed by atoms with van der Waals surface area (Å²) in [6.07, 6.45) is 1.75. The normalized spacial score (nSPS) is 19.4. The van der Waals surface area contributed by atoms with Gasteiger partial charge in [0.15, 0.2) is 5.76 Å². The van der Waals surface area contributed by atoms with Crippen LogP contribution in [0.15, 0.2) is 35.4 Å². The van der Waals surface area contributed by atoms with E-state index in [-0.39, 0.29) is 18.1 Å². The number of hydrogen-bond donors (Lipinski definition) is 2. The number of fused-ring (bicyclic) bond motifs is 1. The van der Waals surface area contributed by atoms with Crippen LogP contribution >= 0.6 is 11.3 Å². The molecule has 2 N–H and O–H groups in total. The van der Waals surface area contributed by atoms with Gasteiger partial charge in [0, 0.05) is 50.2 Å². The number of aromatic hydroxyl groups is 1. The molecule has 0 amide bonds. The summed E-state index contributed by atoms with van der Waals surface area (Å²) in [5.74, 6) is 0.775. The van der Waals surface area contributed by atoms with Gasteiger partial charge >= 0.3 is 0 Å². The number of piperazine rings is 1. The number of aliphatic hydroxyl groups excluding tert-OH is 1. The van der Waals surface area contributed by atoms with Gasteiger partial charge in [0.2, 0.25) is 5.78 Å². The summed E-state index contributed by atoms with van der Waals surface area (Å²) in [6.45, 7) is 4.82. The van der Waals surface area contributed by atoms with Gasteiger partial charge in [0.25, 0.3) is 0 Å². The summed E-state index contributed by atoms with van der Waals surface area (Å²) < 4.78 is 5.89. The van der Waals surface area contributed by atoms with Gasteiger partial charge in [-0.2, -0.15) is 0 Å². The number of thiophene rings is 1. The largest absolute Gasteiger partial charge is 0.507 e. The minimum atomic E-state index is -0.146. The zero-order chi connectivity index (χ0) is 18.8. The fourth-order valence-electron chi connectivity index (χ4n) is 3.49. The number of hydrogen-bond acceptors (Lipinski definition) is 7. The highest BCUT2D eigenvalue weighted by molar-refractivity contribution is 7.10. The number of carbonyl (C=O) groups is 1. The molecule has 0 aliphatic carbocycles. The van der Waals surface area contributed by atoms with Crippen molar-refractivity contribution in [1.29, 1.82) is 0 Å². The van der Waals surface area contributed by atoms with Crippen LogP contribution in [-0.4, -0.2) is 65.1 Å². The number of carbonyl (C=O) groups excluding carboxylic acids is 1. The van der Waals surface area contributed by atoms with Crippen molar-refractivity contribution in [2.75, 3.05) is 39.3 Å². The predicted octanol–water partition coefficient (Wildman–Crippen LogP) is 2.18. The van der Waals surface area contributed by atoms with E-state index in [1.807, 2.05) is 17.5 Å². The summed E-state index contributed by atoms with van der Waals surface area (Å²) in [7, 11) is 0. The first-order valence-corrected chi connectivity index (χ1v) is 9.92. The average Bonchev–Trinajstić information content (AvgIpc) is 3.28. The molecule has 1 aromatic carbocycles. The van der Waals surface area contributed by atoms with Gasteiger partial charge in [-0.1, -0.05) is 6.07 Å². The van der Waals surface area contributed by atoms with E-state index in [1.54, 1.807) is 29.5 Å². The lowest BCUT2D eigenvalue weighted by molar-refractivity contribution is 0.101. The van der Waals surface area contributed by atoms with Gasteiger partial charge < -0.3 is 14.9 Å². The molecule has 27 heavy (non-hydrogen) atoms. The lowest BCUT2D eigenvalue weighted by Crippen LogP contribution is -2.46. The molecule has 0 saturated carbocycles. The molecule has 7 heteroatoms. The maximum Gasteiger partial charge on any atom is 0.232 e.